The minimum atomic E-state index is -1.68. The van der Waals surface area contributed by atoms with Gasteiger partial charge in [0.05, 0.1) is 18.9 Å². The van der Waals surface area contributed by atoms with Crippen LogP contribution in [0.15, 0.2) is 4.99 Å². The molecule has 0 heterocycles. The second kappa shape index (κ2) is 15.0. The minimum absolute atomic E-state index is 0.0856. The molecule has 0 aliphatic carbocycles. The summed E-state index contributed by atoms with van der Waals surface area (Å²) in [5.41, 5.74) is 15.9. The number of carbonyl (C=O) groups excluding carboxylic acids is 3. The highest BCUT2D eigenvalue weighted by molar-refractivity contribution is 5.96. The number of aliphatic carboxylic acids is 3. The molecule has 0 aromatic heterocycles. The lowest BCUT2D eigenvalue weighted by Gasteiger charge is -2.26. The zero-order valence-electron chi connectivity index (χ0n) is 19.4. The average molecular weight is 504 g/mol. The number of nitrogens with zero attached hydrogens (tertiary/aromatic N) is 1. The molecule has 0 aromatic rings. The van der Waals surface area contributed by atoms with Crippen LogP contribution >= 0.6 is 0 Å². The second-order valence-electron chi connectivity index (χ2n) is 7.94. The van der Waals surface area contributed by atoms with Crippen molar-refractivity contribution in [3.8, 4) is 0 Å². The Bertz CT molecular complexity index is 827. The Morgan fingerprint density at radius 2 is 1.34 bits per heavy atom. The van der Waals surface area contributed by atoms with E-state index in [1.807, 2.05) is 0 Å². The van der Waals surface area contributed by atoms with Gasteiger partial charge < -0.3 is 48.5 Å². The summed E-state index contributed by atoms with van der Waals surface area (Å²) in [4.78, 5) is 74.7. The van der Waals surface area contributed by atoms with Crippen LogP contribution in [0.1, 0.15) is 39.5 Å². The van der Waals surface area contributed by atoms with E-state index in [0.29, 0.717) is 0 Å². The first-order valence-corrected chi connectivity index (χ1v) is 10.5. The quantitative estimate of drug-likeness (QED) is 0.0563. The summed E-state index contributed by atoms with van der Waals surface area (Å²) < 4.78 is 0. The van der Waals surface area contributed by atoms with Gasteiger partial charge in [-0.1, -0.05) is 13.8 Å². The van der Waals surface area contributed by atoms with Crippen molar-refractivity contribution in [2.45, 2.75) is 63.7 Å². The van der Waals surface area contributed by atoms with Gasteiger partial charge in [-0.2, -0.15) is 0 Å². The van der Waals surface area contributed by atoms with E-state index >= 15 is 0 Å². The molecule has 16 heteroatoms. The lowest BCUT2D eigenvalue weighted by atomic mass is 10.0. The molecule has 0 spiro atoms. The van der Waals surface area contributed by atoms with Gasteiger partial charge in [0, 0.05) is 6.54 Å². The van der Waals surface area contributed by atoms with E-state index in [4.69, 9.17) is 27.4 Å². The maximum Gasteiger partial charge on any atom is 0.326 e. The number of nitrogens with one attached hydrogen (secondary N) is 3. The van der Waals surface area contributed by atoms with E-state index < -0.39 is 78.6 Å². The summed E-state index contributed by atoms with van der Waals surface area (Å²) in [6.07, 6.45) is -1.47. The maximum absolute atomic E-state index is 12.7. The number of hydrogen-bond donors (Lipinski definition) is 9. The molecule has 0 radical (unpaired) electrons. The first kappa shape index (κ1) is 31.0. The number of carboxylic acid groups (broad SMARTS) is 3. The Balaban J connectivity index is 5.42. The predicted molar refractivity (Wildman–Crippen MR) is 121 cm³/mol. The van der Waals surface area contributed by atoms with E-state index in [-0.39, 0.29) is 25.3 Å². The molecule has 16 nitrogen and oxygen atoms in total. The lowest BCUT2D eigenvalue weighted by molar-refractivity contribution is -0.144. The van der Waals surface area contributed by atoms with Crippen LogP contribution in [0.3, 0.4) is 0 Å². The number of aliphatic imine (C=N–C) groups is 1. The Labute approximate surface area is 200 Å². The summed E-state index contributed by atoms with van der Waals surface area (Å²) in [5, 5.41) is 33.9. The van der Waals surface area contributed by atoms with Gasteiger partial charge in [-0.15, -0.1) is 0 Å². The number of hydrogen-bond acceptors (Lipinski definition) is 8. The zero-order chi connectivity index (χ0) is 27.3. The van der Waals surface area contributed by atoms with Gasteiger partial charge >= 0.3 is 17.9 Å². The molecule has 4 unspecified atom stereocenters. The molecule has 0 saturated carbocycles. The predicted octanol–water partition coefficient (Wildman–Crippen LogP) is -3.49. The van der Waals surface area contributed by atoms with Crippen molar-refractivity contribution in [2.75, 3.05) is 6.54 Å². The van der Waals surface area contributed by atoms with Crippen molar-refractivity contribution in [2.24, 2.45) is 28.1 Å². The highest BCUT2D eigenvalue weighted by atomic mass is 16.4. The van der Waals surface area contributed by atoms with Gasteiger partial charge in [-0.3, -0.25) is 29.0 Å². The fraction of sp³-hybridized carbons (Fsp3) is 0.632. The molecule has 198 valence electrons. The van der Waals surface area contributed by atoms with Crippen LogP contribution in [0, 0.1) is 5.92 Å². The molecule has 0 bridgehead atoms. The number of amides is 3. The van der Waals surface area contributed by atoms with Crippen LogP contribution in [0.25, 0.3) is 0 Å². The maximum atomic E-state index is 12.7. The first-order valence-electron chi connectivity index (χ1n) is 10.5. The van der Waals surface area contributed by atoms with Crippen molar-refractivity contribution in [3.63, 3.8) is 0 Å². The Morgan fingerprint density at radius 3 is 1.80 bits per heavy atom. The summed E-state index contributed by atoms with van der Waals surface area (Å²) in [6, 6.07) is -5.83. The Hall–Kier alpha value is -3.95. The molecule has 12 N–H and O–H groups in total. The third-order valence-electron chi connectivity index (χ3n) is 4.55. The van der Waals surface area contributed by atoms with Crippen LogP contribution in [0.2, 0.25) is 0 Å². The molecule has 0 rings (SSSR count). The minimum Gasteiger partial charge on any atom is -0.481 e. The summed E-state index contributed by atoms with van der Waals surface area (Å²) in [5.74, 6) is -7.91. The van der Waals surface area contributed by atoms with Gasteiger partial charge in [0.25, 0.3) is 0 Å². The van der Waals surface area contributed by atoms with Crippen molar-refractivity contribution in [3.05, 3.63) is 0 Å². The van der Waals surface area contributed by atoms with Crippen LogP contribution in [0.4, 0.5) is 0 Å². The topological polar surface area (TPSA) is 290 Å². The van der Waals surface area contributed by atoms with E-state index in [9.17, 15) is 33.9 Å². The van der Waals surface area contributed by atoms with Crippen molar-refractivity contribution in [1.82, 2.24) is 16.0 Å². The molecular formula is C19H33N7O9. The third kappa shape index (κ3) is 12.8. The van der Waals surface area contributed by atoms with Gasteiger partial charge in [0.2, 0.25) is 17.7 Å². The van der Waals surface area contributed by atoms with E-state index in [2.05, 4.69) is 20.9 Å². The summed E-state index contributed by atoms with van der Waals surface area (Å²) >= 11 is 0. The Morgan fingerprint density at radius 1 is 0.800 bits per heavy atom. The third-order valence-corrected chi connectivity index (χ3v) is 4.55. The summed E-state index contributed by atoms with van der Waals surface area (Å²) in [7, 11) is 0. The smallest absolute Gasteiger partial charge is 0.326 e. The van der Waals surface area contributed by atoms with Crippen LogP contribution in [0.5, 0.6) is 0 Å². The van der Waals surface area contributed by atoms with Crippen LogP contribution < -0.4 is 33.2 Å². The number of guanidine groups is 1. The molecule has 0 aliphatic rings. The van der Waals surface area contributed by atoms with Gasteiger partial charge in [0.15, 0.2) is 5.96 Å². The fourth-order valence-electron chi connectivity index (χ4n) is 2.75. The Kier molecular flexibility index (Phi) is 13.4. The molecule has 0 saturated heterocycles. The van der Waals surface area contributed by atoms with Crippen molar-refractivity contribution < 1.29 is 44.1 Å². The van der Waals surface area contributed by atoms with Gasteiger partial charge in [0.1, 0.15) is 18.1 Å². The van der Waals surface area contributed by atoms with Crippen molar-refractivity contribution >= 4 is 41.6 Å². The highest BCUT2D eigenvalue weighted by Crippen LogP contribution is 2.06. The van der Waals surface area contributed by atoms with E-state index in [1.54, 1.807) is 0 Å². The normalized spacial score (nSPS) is 14.1. The molecule has 0 aromatic carbocycles. The fourth-order valence-corrected chi connectivity index (χ4v) is 2.75. The number of carbonyl (C=O) groups is 6. The van der Waals surface area contributed by atoms with E-state index in [0.717, 1.165) is 0 Å². The zero-order valence-corrected chi connectivity index (χ0v) is 19.4. The molecule has 0 aliphatic heterocycles. The molecule has 0 fully saturated rings. The lowest BCUT2D eigenvalue weighted by Crippen LogP contribution is -2.58. The SMILES string of the molecule is CC(C)C(NC(=O)C(N)CC(=O)O)C(=O)NC(CC(=O)O)C(=O)NC(CCCN=C(N)N)C(=O)O. The van der Waals surface area contributed by atoms with Crippen LogP contribution in [-0.4, -0.2) is 87.6 Å². The average Bonchev–Trinajstić information content (AvgIpc) is 2.71. The summed E-state index contributed by atoms with van der Waals surface area (Å²) in [6.45, 7) is 3.17. The highest BCUT2D eigenvalue weighted by Gasteiger charge is 2.33. The second-order valence-corrected chi connectivity index (χ2v) is 7.94. The standard InChI is InChI=1S/C19H33N7O9/c1-8(2)14(26-15(31)9(20)6-12(27)28)17(33)25-11(7-13(29)30)16(32)24-10(18(34)35)4-3-5-23-19(21)22/h8-11,14H,3-7,20H2,1-2H3,(H,24,32)(H,25,33)(H,26,31)(H,27,28)(H,29,30)(H,34,35)(H4,21,22,23). The van der Waals surface area contributed by atoms with Crippen LogP contribution in [-0.2, 0) is 28.8 Å². The number of rotatable bonds is 16. The molecular weight excluding hydrogens is 470 g/mol. The van der Waals surface area contributed by atoms with Crippen molar-refractivity contribution in [1.29, 1.82) is 0 Å². The first-order chi connectivity index (χ1) is 16.1. The molecule has 3 amide bonds. The van der Waals surface area contributed by atoms with Gasteiger partial charge in [-0.25, -0.2) is 4.79 Å². The molecule has 35 heavy (non-hydrogen) atoms. The largest absolute Gasteiger partial charge is 0.481 e. The molecule has 4 atom stereocenters. The van der Waals surface area contributed by atoms with Gasteiger partial charge in [-0.05, 0) is 18.8 Å². The van der Waals surface area contributed by atoms with E-state index in [1.165, 1.54) is 13.8 Å². The number of carboxylic acids is 3. The number of nitrogens with two attached hydrogens (primary N) is 3. The monoisotopic (exact) mass is 503 g/mol.